The van der Waals surface area contributed by atoms with Crippen LogP contribution in [-0.4, -0.2) is 12.5 Å². The Morgan fingerprint density at radius 1 is 1.19 bits per heavy atom. The summed E-state index contributed by atoms with van der Waals surface area (Å²) in [5.41, 5.74) is 6.49. The summed E-state index contributed by atoms with van der Waals surface area (Å²) in [6.45, 7) is 2.28. The molecule has 0 saturated carbocycles. The van der Waals surface area contributed by atoms with Gasteiger partial charge in [-0.25, -0.2) is 8.78 Å². The number of hydrogen-bond donors (Lipinski definition) is 1. The first-order valence-electron chi connectivity index (χ1n) is 6.66. The van der Waals surface area contributed by atoms with Gasteiger partial charge in [0, 0.05) is 17.9 Å². The Morgan fingerprint density at radius 2 is 1.90 bits per heavy atom. The number of anilines is 2. The molecule has 0 aliphatic carbocycles. The number of hydrogen-bond acceptors (Lipinski definition) is 2. The molecule has 0 spiro atoms. The van der Waals surface area contributed by atoms with E-state index in [0.717, 1.165) is 6.07 Å². The molecule has 21 heavy (non-hydrogen) atoms. The minimum absolute atomic E-state index is 0.286. The average molecular weight is 290 g/mol. The molecule has 2 N–H and O–H groups in total. The van der Waals surface area contributed by atoms with E-state index in [1.807, 2.05) is 6.92 Å². The number of rotatable bonds is 4. The number of nitrogens with zero attached hydrogens (tertiary/aromatic N) is 1. The number of carbonyl (C=O) groups is 1. The Bertz CT molecular complexity index is 658. The van der Waals surface area contributed by atoms with Crippen LogP contribution in [0.15, 0.2) is 42.5 Å². The molecule has 0 bridgehead atoms. The van der Waals surface area contributed by atoms with Crippen LogP contribution in [0.3, 0.4) is 0 Å². The van der Waals surface area contributed by atoms with Crippen molar-refractivity contribution < 1.29 is 13.6 Å². The third kappa shape index (κ3) is 3.18. The summed E-state index contributed by atoms with van der Waals surface area (Å²) in [7, 11) is 0. The third-order valence-corrected chi connectivity index (χ3v) is 3.06. The van der Waals surface area contributed by atoms with E-state index >= 15 is 0 Å². The summed E-state index contributed by atoms with van der Waals surface area (Å²) >= 11 is 0. The largest absolute Gasteiger partial charge is 0.399 e. The van der Waals surface area contributed by atoms with Gasteiger partial charge < -0.3 is 10.6 Å². The minimum atomic E-state index is -1.13. The Labute approximate surface area is 122 Å². The second-order valence-electron chi connectivity index (χ2n) is 4.65. The van der Waals surface area contributed by atoms with Crippen molar-refractivity contribution >= 4 is 17.3 Å². The molecule has 0 saturated heterocycles. The molecule has 0 aliphatic heterocycles. The summed E-state index contributed by atoms with van der Waals surface area (Å²) in [6.07, 6.45) is 0.678. The van der Waals surface area contributed by atoms with Crippen LogP contribution in [-0.2, 0) is 0 Å². The lowest BCUT2D eigenvalue weighted by Gasteiger charge is -2.23. The number of amides is 1. The van der Waals surface area contributed by atoms with Crippen molar-refractivity contribution in [3.8, 4) is 0 Å². The van der Waals surface area contributed by atoms with Gasteiger partial charge >= 0.3 is 0 Å². The maximum Gasteiger partial charge on any atom is 0.261 e. The lowest BCUT2D eigenvalue weighted by molar-refractivity contribution is 0.0982. The zero-order chi connectivity index (χ0) is 15.4. The summed E-state index contributed by atoms with van der Waals surface area (Å²) in [5.74, 6) is -2.75. The van der Waals surface area contributed by atoms with Crippen molar-refractivity contribution in [2.45, 2.75) is 13.3 Å². The van der Waals surface area contributed by atoms with Crippen molar-refractivity contribution in [1.82, 2.24) is 0 Å². The van der Waals surface area contributed by atoms with Crippen molar-refractivity contribution in [2.75, 3.05) is 17.2 Å². The molecule has 2 aromatic carbocycles. The van der Waals surface area contributed by atoms with Crippen molar-refractivity contribution in [3.05, 3.63) is 59.7 Å². The fraction of sp³-hybridized carbons (Fsp3) is 0.188. The molecule has 2 aromatic rings. The van der Waals surface area contributed by atoms with Gasteiger partial charge in [-0.3, -0.25) is 4.79 Å². The predicted molar refractivity (Wildman–Crippen MR) is 79.2 cm³/mol. The molecular weight excluding hydrogens is 274 g/mol. The number of benzene rings is 2. The van der Waals surface area contributed by atoms with Crippen molar-refractivity contribution in [2.24, 2.45) is 0 Å². The SMILES string of the molecule is CCCN(C(=O)c1cccc(F)c1F)c1cccc(N)c1. The van der Waals surface area contributed by atoms with Gasteiger partial charge in [0.1, 0.15) is 0 Å². The summed E-state index contributed by atoms with van der Waals surface area (Å²) in [6, 6.07) is 10.3. The van der Waals surface area contributed by atoms with Gasteiger partial charge in [0.25, 0.3) is 5.91 Å². The van der Waals surface area contributed by atoms with Crippen molar-refractivity contribution in [1.29, 1.82) is 0 Å². The molecule has 0 aromatic heterocycles. The quantitative estimate of drug-likeness (QED) is 0.874. The van der Waals surface area contributed by atoms with E-state index in [4.69, 9.17) is 5.73 Å². The van der Waals surface area contributed by atoms with Gasteiger partial charge in [0.2, 0.25) is 0 Å². The molecular formula is C16H16F2N2O. The number of carbonyl (C=O) groups excluding carboxylic acids is 1. The molecule has 5 heteroatoms. The van der Waals surface area contributed by atoms with Crippen LogP contribution in [0.4, 0.5) is 20.2 Å². The molecule has 0 radical (unpaired) electrons. The Kier molecular flexibility index (Phi) is 4.52. The van der Waals surface area contributed by atoms with E-state index < -0.39 is 17.5 Å². The van der Waals surface area contributed by atoms with Crippen LogP contribution < -0.4 is 10.6 Å². The lowest BCUT2D eigenvalue weighted by atomic mass is 10.1. The van der Waals surface area contributed by atoms with Gasteiger partial charge in [-0.15, -0.1) is 0 Å². The summed E-state index contributed by atoms with van der Waals surface area (Å²) in [5, 5.41) is 0. The molecule has 1 amide bonds. The monoisotopic (exact) mass is 290 g/mol. The van der Waals surface area contributed by atoms with E-state index in [-0.39, 0.29) is 5.56 Å². The van der Waals surface area contributed by atoms with Crippen LogP contribution in [0.2, 0.25) is 0 Å². The molecule has 3 nitrogen and oxygen atoms in total. The van der Waals surface area contributed by atoms with Gasteiger partial charge in [0.15, 0.2) is 11.6 Å². The highest BCUT2D eigenvalue weighted by molar-refractivity contribution is 6.06. The third-order valence-electron chi connectivity index (χ3n) is 3.06. The van der Waals surface area contributed by atoms with Crippen LogP contribution in [0, 0.1) is 11.6 Å². The summed E-state index contributed by atoms with van der Waals surface area (Å²) < 4.78 is 27.1. The van der Waals surface area contributed by atoms with Gasteiger partial charge in [0.05, 0.1) is 5.56 Å². The molecule has 0 unspecified atom stereocenters. The van der Waals surface area contributed by atoms with Crippen LogP contribution in [0.5, 0.6) is 0 Å². The number of halogens is 2. The maximum absolute atomic E-state index is 13.8. The topological polar surface area (TPSA) is 46.3 Å². The normalized spacial score (nSPS) is 10.4. The van der Waals surface area contributed by atoms with E-state index in [0.29, 0.717) is 24.3 Å². The lowest BCUT2D eigenvalue weighted by Crippen LogP contribution is -2.32. The number of nitrogens with two attached hydrogens (primary N) is 1. The van der Waals surface area contributed by atoms with Crippen LogP contribution >= 0.6 is 0 Å². The first-order chi connectivity index (χ1) is 10.0. The molecule has 110 valence electrons. The van der Waals surface area contributed by atoms with Crippen molar-refractivity contribution in [3.63, 3.8) is 0 Å². The zero-order valence-electron chi connectivity index (χ0n) is 11.6. The Balaban J connectivity index is 2.42. The first-order valence-corrected chi connectivity index (χ1v) is 6.66. The maximum atomic E-state index is 13.8. The van der Waals surface area contributed by atoms with Gasteiger partial charge in [-0.2, -0.15) is 0 Å². The smallest absolute Gasteiger partial charge is 0.261 e. The Morgan fingerprint density at radius 3 is 2.57 bits per heavy atom. The first kappa shape index (κ1) is 15.0. The fourth-order valence-electron chi connectivity index (χ4n) is 2.08. The van der Waals surface area contributed by atoms with E-state index in [1.54, 1.807) is 24.3 Å². The standard InChI is InChI=1S/C16H16F2N2O/c1-2-9-20(12-6-3-5-11(19)10-12)16(21)13-7-4-8-14(17)15(13)18/h3-8,10H,2,9,19H2,1H3. The van der Waals surface area contributed by atoms with Gasteiger partial charge in [-0.1, -0.05) is 19.1 Å². The predicted octanol–water partition coefficient (Wildman–Crippen LogP) is 3.60. The average Bonchev–Trinajstić information content (AvgIpc) is 2.47. The molecule has 0 aliphatic rings. The highest BCUT2D eigenvalue weighted by Crippen LogP contribution is 2.22. The second-order valence-corrected chi connectivity index (χ2v) is 4.65. The van der Waals surface area contributed by atoms with Gasteiger partial charge in [-0.05, 0) is 36.8 Å². The fourth-order valence-corrected chi connectivity index (χ4v) is 2.08. The highest BCUT2D eigenvalue weighted by atomic mass is 19.2. The summed E-state index contributed by atoms with van der Waals surface area (Å²) in [4.78, 5) is 13.9. The molecule has 0 heterocycles. The molecule has 0 atom stereocenters. The van der Waals surface area contributed by atoms with E-state index in [1.165, 1.54) is 17.0 Å². The number of nitrogen functional groups attached to an aromatic ring is 1. The van der Waals surface area contributed by atoms with Crippen LogP contribution in [0.25, 0.3) is 0 Å². The van der Waals surface area contributed by atoms with Crippen LogP contribution in [0.1, 0.15) is 23.7 Å². The second kappa shape index (κ2) is 6.35. The molecule has 0 fully saturated rings. The zero-order valence-corrected chi connectivity index (χ0v) is 11.6. The Hall–Kier alpha value is -2.43. The van der Waals surface area contributed by atoms with E-state index in [9.17, 15) is 13.6 Å². The minimum Gasteiger partial charge on any atom is -0.399 e. The highest BCUT2D eigenvalue weighted by Gasteiger charge is 2.22. The molecule has 2 rings (SSSR count). The van der Waals surface area contributed by atoms with E-state index in [2.05, 4.69) is 0 Å².